The van der Waals surface area contributed by atoms with Crippen LogP contribution in [0.5, 0.6) is 0 Å². The van der Waals surface area contributed by atoms with E-state index in [0.717, 1.165) is 25.8 Å². The van der Waals surface area contributed by atoms with E-state index in [4.69, 9.17) is 17.3 Å². The van der Waals surface area contributed by atoms with Gasteiger partial charge in [-0.15, -0.1) is 0 Å². The molecule has 0 aromatic carbocycles. The number of carbonyl (C=O) groups excluding carboxylic acids is 1. The highest BCUT2D eigenvalue weighted by molar-refractivity contribution is 6.33. The monoisotopic (exact) mass is 283 g/mol. The Morgan fingerprint density at radius 2 is 2.16 bits per heavy atom. The molecular formula is C14H22ClN3O. The minimum absolute atomic E-state index is 0.0412. The summed E-state index contributed by atoms with van der Waals surface area (Å²) in [6, 6.07) is 1.74. The fraction of sp³-hybridized carbons (Fsp3) is 0.571. The molecule has 0 atom stereocenters. The van der Waals surface area contributed by atoms with E-state index in [1.807, 2.05) is 18.7 Å². The Hall–Kier alpha value is -1.29. The Labute approximate surface area is 120 Å². The van der Waals surface area contributed by atoms with Crippen LogP contribution in [-0.2, 0) is 0 Å². The van der Waals surface area contributed by atoms with Gasteiger partial charge in [-0.05, 0) is 26.3 Å². The molecule has 0 unspecified atom stereocenters. The minimum Gasteiger partial charge on any atom is -0.382 e. The molecule has 0 bridgehead atoms. The van der Waals surface area contributed by atoms with Crippen LogP contribution in [0.2, 0.25) is 5.02 Å². The van der Waals surface area contributed by atoms with Gasteiger partial charge in [0.25, 0.3) is 5.91 Å². The molecule has 1 aromatic rings. The van der Waals surface area contributed by atoms with Gasteiger partial charge in [-0.3, -0.25) is 4.79 Å². The molecule has 1 aromatic heterocycles. The summed E-state index contributed by atoms with van der Waals surface area (Å²) in [5.74, 6) is 0.209. The van der Waals surface area contributed by atoms with Gasteiger partial charge in [0, 0.05) is 18.8 Å². The average molecular weight is 284 g/mol. The first kappa shape index (κ1) is 15.8. The van der Waals surface area contributed by atoms with E-state index >= 15 is 0 Å². The molecule has 2 N–H and O–H groups in total. The van der Waals surface area contributed by atoms with Crippen molar-refractivity contribution in [2.24, 2.45) is 0 Å². The summed E-state index contributed by atoms with van der Waals surface area (Å²) in [4.78, 5) is 18.2. The first-order valence-corrected chi connectivity index (χ1v) is 7.07. The van der Waals surface area contributed by atoms with Crippen LogP contribution in [0.1, 0.15) is 50.4 Å². The number of anilines is 1. The molecular weight excluding hydrogens is 262 g/mol. The lowest BCUT2D eigenvalue weighted by Gasteiger charge is -2.27. The van der Waals surface area contributed by atoms with E-state index < -0.39 is 0 Å². The standard InChI is InChI=1S/C14H22ClN3O/c1-4-5-6-7-18(10(2)3)14(19)11-8-12(15)13(16)17-9-11/h8-10H,4-7H2,1-3H3,(H2,16,17). The lowest BCUT2D eigenvalue weighted by Crippen LogP contribution is -2.37. The summed E-state index contributed by atoms with van der Waals surface area (Å²) in [6.45, 7) is 6.92. The van der Waals surface area contributed by atoms with Crippen molar-refractivity contribution in [2.45, 2.75) is 46.1 Å². The third-order valence-corrected chi connectivity index (χ3v) is 3.31. The Kier molecular flexibility index (Phi) is 6.09. The van der Waals surface area contributed by atoms with E-state index in [1.54, 1.807) is 6.07 Å². The smallest absolute Gasteiger partial charge is 0.255 e. The number of amides is 1. The maximum atomic E-state index is 12.4. The minimum atomic E-state index is -0.0412. The normalized spacial score (nSPS) is 10.8. The number of pyridine rings is 1. The van der Waals surface area contributed by atoms with Gasteiger partial charge in [0.05, 0.1) is 10.6 Å². The van der Waals surface area contributed by atoms with Crippen molar-refractivity contribution in [3.8, 4) is 0 Å². The van der Waals surface area contributed by atoms with Crippen molar-refractivity contribution in [3.05, 3.63) is 22.8 Å². The first-order valence-electron chi connectivity index (χ1n) is 6.69. The van der Waals surface area contributed by atoms with Crippen LogP contribution in [0.3, 0.4) is 0 Å². The number of hydrogen-bond acceptors (Lipinski definition) is 3. The molecule has 1 heterocycles. The number of halogens is 1. The second kappa shape index (κ2) is 7.34. The first-order chi connectivity index (χ1) is 8.97. The van der Waals surface area contributed by atoms with Crippen molar-refractivity contribution in [3.63, 3.8) is 0 Å². The van der Waals surface area contributed by atoms with E-state index in [1.165, 1.54) is 6.20 Å². The topological polar surface area (TPSA) is 59.2 Å². The maximum absolute atomic E-state index is 12.4. The summed E-state index contributed by atoms with van der Waals surface area (Å²) >= 11 is 5.91. The zero-order chi connectivity index (χ0) is 14.4. The van der Waals surface area contributed by atoms with Gasteiger partial charge in [0.15, 0.2) is 0 Å². The zero-order valence-corrected chi connectivity index (χ0v) is 12.6. The Bertz CT molecular complexity index is 435. The van der Waals surface area contributed by atoms with Crippen LogP contribution >= 0.6 is 11.6 Å². The molecule has 0 fully saturated rings. The third kappa shape index (κ3) is 4.39. The fourth-order valence-corrected chi connectivity index (χ4v) is 2.02. The molecule has 0 aliphatic carbocycles. The van der Waals surface area contributed by atoms with E-state index in [2.05, 4.69) is 11.9 Å². The van der Waals surface area contributed by atoms with Crippen LogP contribution in [0.25, 0.3) is 0 Å². The van der Waals surface area contributed by atoms with Gasteiger partial charge in [0.2, 0.25) is 0 Å². The number of nitrogens with zero attached hydrogens (tertiary/aromatic N) is 2. The predicted octanol–water partition coefficient (Wildman–Crippen LogP) is 3.36. The van der Waals surface area contributed by atoms with Crippen molar-refractivity contribution < 1.29 is 4.79 Å². The third-order valence-electron chi connectivity index (χ3n) is 3.00. The maximum Gasteiger partial charge on any atom is 0.255 e. The summed E-state index contributed by atoms with van der Waals surface area (Å²) in [5.41, 5.74) is 6.05. The summed E-state index contributed by atoms with van der Waals surface area (Å²) in [5, 5.41) is 0.322. The van der Waals surface area contributed by atoms with E-state index in [9.17, 15) is 4.79 Å². The van der Waals surface area contributed by atoms with Crippen LogP contribution in [0, 0.1) is 0 Å². The average Bonchev–Trinajstić information content (AvgIpc) is 2.37. The van der Waals surface area contributed by atoms with Crippen molar-refractivity contribution >= 4 is 23.3 Å². The molecule has 0 aliphatic rings. The van der Waals surface area contributed by atoms with Crippen molar-refractivity contribution in [1.29, 1.82) is 0 Å². The molecule has 19 heavy (non-hydrogen) atoms. The Morgan fingerprint density at radius 1 is 1.47 bits per heavy atom. The molecule has 1 rings (SSSR count). The fourth-order valence-electron chi connectivity index (χ4n) is 1.86. The molecule has 5 heteroatoms. The second-order valence-corrected chi connectivity index (χ2v) is 5.30. The molecule has 0 aliphatic heterocycles. The van der Waals surface area contributed by atoms with Crippen molar-refractivity contribution in [2.75, 3.05) is 12.3 Å². The number of hydrogen-bond donors (Lipinski definition) is 1. The lowest BCUT2D eigenvalue weighted by atomic mass is 10.1. The molecule has 0 spiro atoms. The number of carbonyl (C=O) groups is 1. The highest BCUT2D eigenvalue weighted by Crippen LogP contribution is 2.18. The number of rotatable bonds is 6. The number of nitrogens with two attached hydrogens (primary N) is 1. The summed E-state index contributed by atoms with van der Waals surface area (Å²) < 4.78 is 0. The molecule has 106 valence electrons. The van der Waals surface area contributed by atoms with Gasteiger partial charge in [0.1, 0.15) is 5.82 Å². The SMILES string of the molecule is CCCCCN(C(=O)c1cnc(N)c(Cl)c1)C(C)C. The van der Waals surface area contributed by atoms with Gasteiger partial charge >= 0.3 is 0 Å². The van der Waals surface area contributed by atoms with Gasteiger partial charge in [-0.1, -0.05) is 31.4 Å². The molecule has 4 nitrogen and oxygen atoms in total. The van der Waals surface area contributed by atoms with Crippen molar-refractivity contribution in [1.82, 2.24) is 9.88 Å². The highest BCUT2D eigenvalue weighted by Gasteiger charge is 2.19. The van der Waals surface area contributed by atoms with E-state index in [-0.39, 0.29) is 17.8 Å². The van der Waals surface area contributed by atoms with Gasteiger partial charge in [-0.25, -0.2) is 4.98 Å². The predicted molar refractivity (Wildman–Crippen MR) is 79.4 cm³/mol. The number of unbranched alkanes of at least 4 members (excludes halogenated alkanes) is 2. The van der Waals surface area contributed by atoms with Crippen LogP contribution in [0.4, 0.5) is 5.82 Å². The molecule has 0 radical (unpaired) electrons. The second-order valence-electron chi connectivity index (χ2n) is 4.89. The summed E-state index contributed by atoms with van der Waals surface area (Å²) in [7, 11) is 0. The molecule has 1 amide bonds. The highest BCUT2D eigenvalue weighted by atomic mass is 35.5. The summed E-state index contributed by atoms with van der Waals surface area (Å²) in [6.07, 6.45) is 4.75. The van der Waals surface area contributed by atoms with E-state index in [0.29, 0.717) is 10.6 Å². The van der Waals surface area contributed by atoms with Gasteiger partial charge < -0.3 is 10.6 Å². The zero-order valence-electron chi connectivity index (χ0n) is 11.8. The van der Waals surface area contributed by atoms with Crippen LogP contribution in [0.15, 0.2) is 12.3 Å². The number of aromatic nitrogens is 1. The van der Waals surface area contributed by atoms with Crippen LogP contribution < -0.4 is 5.73 Å². The Morgan fingerprint density at radius 3 is 2.68 bits per heavy atom. The lowest BCUT2D eigenvalue weighted by molar-refractivity contribution is 0.0702. The number of nitrogen functional groups attached to an aromatic ring is 1. The molecule has 0 saturated carbocycles. The largest absolute Gasteiger partial charge is 0.382 e. The molecule has 0 saturated heterocycles. The quantitative estimate of drug-likeness (QED) is 0.815. The van der Waals surface area contributed by atoms with Crippen LogP contribution in [-0.4, -0.2) is 28.4 Å². The Balaban J connectivity index is 2.83. The van der Waals surface area contributed by atoms with Gasteiger partial charge in [-0.2, -0.15) is 0 Å².